The first kappa shape index (κ1) is 17.4. The number of thiophene rings is 1. The number of H-pyrrole nitrogens is 1. The highest BCUT2D eigenvalue weighted by Crippen LogP contribution is 2.26. The van der Waals surface area contributed by atoms with Gasteiger partial charge in [0.15, 0.2) is 5.78 Å². The van der Waals surface area contributed by atoms with Crippen molar-refractivity contribution in [1.29, 1.82) is 0 Å². The van der Waals surface area contributed by atoms with Crippen molar-refractivity contribution in [2.45, 2.75) is 40.2 Å². The number of nitrogens with zero attached hydrogens (tertiary/aromatic N) is 1. The Morgan fingerprint density at radius 2 is 1.88 bits per heavy atom. The Bertz CT molecular complexity index is 1090. The lowest BCUT2D eigenvalue weighted by Crippen LogP contribution is -2.36. The molecule has 0 bridgehead atoms. The zero-order chi connectivity index (χ0) is 18.3. The van der Waals surface area contributed by atoms with Gasteiger partial charge in [-0.2, -0.15) is 0 Å². The molecule has 0 unspecified atom stereocenters. The molecule has 0 fully saturated rings. The summed E-state index contributed by atoms with van der Waals surface area (Å²) in [5.74, 6) is 0.0141. The molecule has 0 aliphatic carbocycles. The number of aryl methyl sites for hydroxylation is 2. The minimum absolute atomic E-state index is 0.255. The van der Waals surface area contributed by atoms with Crippen molar-refractivity contribution in [3.8, 4) is 0 Å². The van der Waals surface area contributed by atoms with Crippen LogP contribution in [0.3, 0.4) is 0 Å². The zero-order valence-corrected chi connectivity index (χ0v) is 15.5. The lowest BCUT2D eigenvalue weighted by atomic mass is 10.0. The first-order valence-corrected chi connectivity index (χ1v) is 8.96. The molecule has 0 saturated heterocycles. The van der Waals surface area contributed by atoms with Crippen molar-refractivity contribution >= 4 is 27.3 Å². The average Bonchev–Trinajstić information content (AvgIpc) is 2.98. The van der Waals surface area contributed by atoms with Crippen molar-refractivity contribution in [2.75, 3.05) is 0 Å². The Labute approximate surface area is 148 Å². The molecular weight excluding hydrogens is 336 g/mol. The van der Waals surface area contributed by atoms with Crippen molar-refractivity contribution in [1.82, 2.24) is 9.55 Å². The molecule has 1 N–H and O–H groups in total. The first-order chi connectivity index (χ1) is 11.8. The van der Waals surface area contributed by atoms with Gasteiger partial charge in [0.1, 0.15) is 4.83 Å². The van der Waals surface area contributed by atoms with Crippen LogP contribution < -0.4 is 11.2 Å². The molecule has 6 heteroatoms. The van der Waals surface area contributed by atoms with Crippen LogP contribution in [0.15, 0.2) is 33.9 Å². The highest BCUT2D eigenvalue weighted by molar-refractivity contribution is 7.18. The normalized spacial score (nSPS) is 11.4. The van der Waals surface area contributed by atoms with Gasteiger partial charge in [-0.15, -0.1) is 11.3 Å². The van der Waals surface area contributed by atoms with E-state index in [9.17, 15) is 14.4 Å². The largest absolute Gasteiger partial charge is 0.329 e. The number of nitrogens with one attached hydrogen (secondary N) is 1. The molecule has 0 aliphatic rings. The number of fused-ring (bicyclic) bond motifs is 1. The summed E-state index contributed by atoms with van der Waals surface area (Å²) in [7, 11) is 0. The number of hydrogen-bond donors (Lipinski definition) is 1. The van der Waals surface area contributed by atoms with E-state index in [1.165, 1.54) is 11.3 Å². The smallest absolute Gasteiger partial charge is 0.298 e. The standard InChI is InChI=1S/C19H20N2O3S/c1-10(2)16-8-14-17(25-16)20-19(24)21(18(14)23)9-15(22)13-6-5-11(3)12(4)7-13/h5-8,10H,9H2,1-4H3,(H,20,24). The summed E-state index contributed by atoms with van der Waals surface area (Å²) in [6, 6.07) is 7.19. The van der Waals surface area contributed by atoms with Crippen LogP contribution in [0.1, 0.15) is 46.1 Å². The third-order valence-corrected chi connectivity index (χ3v) is 5.74. The molecule has 0 spiro atoms. The van der Waals surface area contributed by atoms with Crippen LogP contribution >= 0.6 is 11.3 Å². The van der Waals surface area contributed by atoms with Crippen LogP contribution in [0.25, 0.3) is 10.2 Å². The van der Waals surface area contributed by atoms with E-state index in [-0.39, 0.29) is 18.2 Å². The molecule has 130 valence electrons. The summed E-state index contributed by atoms with van der Waals surface area (Å²) >= 11 is 1.41. The van der Waals surface area contributed by atoms with Crippen LogP contribution in [-0.4, -0.2) is 15.3 Å². The number of benzene rings is 1. The number of aromatic nitrogens is 2. The Kier molecular flexibility index (Phi) is 4.47. The fraction of sp³-hybridized carbons (Fsp3) is 0.316. The minimum atomic E-state index is -0.549. The van der Waals surface area contributed by atoms with Crippen molar-refractivity contribution < 1.29 is 4.79 Å². The van der Waals surface area contributed by atoms with Crippen LogP contribution in [0.2, 0.25) is 0 Å². The molecule has 1 aromatic carbocycles. The molecule has 0 atom stereocenters. The maximum Gasteiger partial charge on any atom is 0.329 e. The molecule has 5 nitrogen and oxygen atoms in total. The quantitative estimate of drug-likeness (QED) is 0.729. The highest BCUT2D eigenvalue weighted by atomic mass is 32.1. The minimum Gasteiger partial charge on any atom is -0.298 e. The molecule has 2 heterocycles. The summed E-state index contributed by atoms with van der Waals surface area (Å²) in [5.41, 5.74) is 1.63. The van der Waals surface area contributed by atoms with E-state index in [1.807, 2.05) is 33.8 Å². The summed E-state index contributed by atoms with van der Waals surface area (Å²) in [5, 5.41) is 0.459. The second-order valence-corrected chi connectivity index (χ2v) is 7.67. The lowest BCUT2D eigenvalue weighted by molar-refractivity contribution is 0.0969. The van der Waals surface area contributed by atoms with Gasteiger partial charge in [0.05, 0.1) is 11.9 Å². The number of aromatic amines is 1. The van der Waals surface area contributed by atoms with E-state index < -0.39 is 11.2 Å². The Morgan fingerprint density at radius 1 is 1.16 bits per heavy atom. The number of ketones is 1. The third kappa shape index (κ3) is 3.22. The van der Waals surface area contributed by atoms with Crippen LogP contribution in [0.4, 0.5) is 0 Å². The lowest BCUT2D eigenvalue weighted by Gasteiger charge is -2.06. The summed E-state index contributed by atoms with van der Waals surface area (Å²) < 4.78 is 0.983. The Morgan fingerprint density at radius 3 is 2.52 bits per heavy atom. The second-order valence-electron chi connectivity index (χ2n) is 6.59. The summed E-state index contributed by atoms with van der Waals surface area (Å²) in [4.78, 5) is 41.8. The first-order valence-electron chi connectivity index (χ1n) is 8.15. The molecule has 2 aromatic heterocycles. The predicted octanol–water partition coefficient (Wildman–Crippen LogP) is 3.37. The summed E-state index contributed by atoms with van der Waals surface area (Å²) in [6.07, 6.45) is 0. The van der Waals surface area contributed by atoms with Gasteiger partial charge in [0.2, 0.25) is 0 Å². The fourth-order valence-electron chi connectivity index (χ4n) is 2.64. The van der Waals surface area contributed by atoms with Crippen molar-refractivity contribution in [2.24, 2.45) is 0 Å². The van der Waals surface area contributed by atoms with Gasteiger partial charge >= 0.3 is 5.69 Å². The van der Waals surface area contributed by atoms with Gasteiger partial charge in [-0.3, -0.25) is 19.1 Å². The monoisotopic (exact) mass is 356 g/mol. The van der Waals surface area contributed by atoms with E-state index in [0.29, 0.717) is 15.8 Å². The van der Waals surface area contributed by atoms with E-state index >= 15 is 0 Å². The fourth-order valence-corrected chi connectivity index (χ4v) is 3.68. The van der Waals surface area contributed by atoms with Gasteiger partial charge in [0, 0.05) is 10.4 Å². The third-order valence-electron chi connectivity index (χ3n) is 4.39. The van der Waals surface area contributed by atoms with E-state index in [0.717, 1.165) is 20.6 Å². The van der Waals surface area contributed by atoms with Gasteiger partial charge in [0.25, 0.3) is 5.56 Å². The molecule has 0 radical (unpaired) electrons. The predicted molar refractivity (Wildman–Crippen MR) is 101 cm³/mol. The van der Waals surface area contributed by atoms with E-state index in [4.69, 9.17) is 0 Å². The summed E-state index contributed by atoms with van der Waals surface area (Å²) in [6.45, 7) is 7.69. The molecule has 0 aliphatic heterocycles. The number of Topliss-reactive ketones (excluding diaryl/α,β-unsaturated/α-hetero) is 1. The second kappa shape index (κ2) is 6.44. The Balaban J connectivity index is 2.03. The van der Waals surface area contributed by atoms with Crippen molar-refractivity contribution in [3.63, 3.8) is 0 Å². The number of carbonyl (C=O) groups excluding carboxylic acids is 1. The molecule has 0 saturated carbocycles. The van der Waals surface area contributed by atoms with Gasteiger partial charge < -0.3 is 0 Å². The van der Waals surface area contributed by atoms with Gasteiger partial charge in [-0.25, -0.2) is 4.79 Å². The van der Waals surface area contributed by atoms with Gasteiger partial charge in [-0.05, 0) is 43.0 Å². The average molecular weight is 356 g/mol. The Hall–Kier alpha value is -2.47. The maximum atomic E-state index is 12.7. The molecule has 25 heavy (non-hydrogen) atoms. The highest BCUT2D eigenvalue weighted by Gasteiger charge is 2.16. The van der Waals surface area contributed by atoms with Crippen LogP contribution in [0, 0.1) is 13.8 Å². The molecule has 3 aromatic rings. The number of hydrogen-bond acceptors (Lipinski definition) is 4. The van der Waals surface area contributed by atoms with Crippen molar-refractivity contribution in [3.05, 3.63) is 66.7 Å². The molecular formula is C19H20N2O3S. The molecule has 0 amide bonds. The number of rotatable bonds is 4. The zero-order valence-electron chi connectivity index (χ0n) is 14.7. The van der Waals surface area contributed by atoms with Crippen LogP contribution in [-0.2, 0) is 6.54 Å². The van der Waals surface area contributed by atoms with Gasteiger partial charge in [-0.1, -0.05) is 26.0 Å². The number of carbonyl (C=O) groups is 1. The maximum absolute atomic E-state index is 12.7. The van der Waals surface area contributed by atoms with Crippen LogP contribution in [0.5, 0.6) is 0 Å². The van der Waals surface area contributed by atoms with E-state index in [2.05, 4.69) is 4.98 Å². The van der Waals surface area contributed by atoms with E-state index in [1.54, 1.807) is 18.2 Å². The molecule has 3 rings (SSSR count). The topological polar surface area (TPSA) is 71.9 Å². The SMILES string of the molecule is Cc1ccc(C(=O)Cn2c(=O)[nH]c3sc(C(C)C)cc3c2=O)cc1C.